The van der Waals surface area contributed by atoms with E-state index in [0.29, 0.717) is 17.0 Å². The highest BCUT2D eigenvalue weighted by atomic mass is 16.4. The van der Waals surface area contributed by atoms with Crippen LogP contribution in [0.2, 0.25) is 0 Å². The lowest BCUT2D eigenvalue weighted by Gasteiger charge is -2.12. The largest absolute Gasteiger partial charge is 0.465 e. The topological polar surface area (TPSA) is 66.0 Å². The zero-order valence-electron chi connectivity index (χ0n) is 16.9. The fourth-order valence-electron chi connectivity index (χ4n) is 3.47. The zero-order valence-corrected chi connectivity index (χ0v) is 16.9. The molecule has 0 fully saturated rings. The molecular weight excluding hydrogens is 376 g/mol. The Balaban J connectivity index is 1.87. The van der Waals surface area contributed by atoms with Crippen molar-refractivity contribution in [2.75, 3.05) is 7.05 Å². The van der Waals surface area contributed by atoms with Crippen LogP contribution < -0.4 is 0 Å². The van der Waals surface area contributed by atoms with Crippen LogP contribution >= 0.6 is 0 Å². The number of aryl methyl sites for hydroxylation is 1. The standard InChI is InChI=1S/C25H22N2O3/c1-17-21(16-27(2)25(28)29)20-14-9-15-22(24(20)30-17)26-23(18-10-5-3-6-11-18)19-12-7-4-8-13-19/h3-15H,16H2,1-2H3,(H,28,29). The highest BCUT2D eigenvalue weighted by Gasteiger charge is 2.18. The van der Waals surface area contributed by atoms with E-state index in [1.807, 2.05) is 85.8 Å². The third kappa shape index (κ3) is 3.82. The number of amides is 1. The van der Waals surface area contributed by atoms with Crippen LogP contribution in [0.5, 0.6) is 0 Å². The lowest BCUT2D eigenvalue weighted by atomic mass is 10.0. The molecule has 0 atom stereocenters. The molecule has 4 aromatic rings. The summed E-state index contributed by atoms with van der Waals surface area (Å²) >= 11 is 0. The first kappa shape index (κ1) is 19.5. The smallest absolute Gasteiger partial charge is 0.407 e. The summed E-state index contributed by atoms with van der Waals surface area (Å²) in [5.41, 5.74) is 5.09. The van der Waals surface area contributed by atoms with Gasteiger partial charge in [-0.2, -0.15) is 0 Å². The van der Waals surface area contributed by atoms with Gasteiger partial charge in [0.05, 0.1) is 12.3 Å². The molecule has 0 aliphatic heterocycles. The lowest BCUT2D eigenvalue weighted by molar-refractivity contribution is 0.153. The fraction of sp³-hybridized carbons (Fsp3) is 0.120. The zero-order chi connectivity index (χ0) is 21.1. The molecule has 0 aliphatic carbocycles. The van der Waals surface area contributed by atoms with Gasteiger partial charge >= 0.3 is 6.09 Å². The van der Waals surface area contributed by atoms with Crippen molar-refractivity contribution < 1.29 is 14.3 Å². The van der Waals surface area contributed by atoms with E-state index in [9.17, 15) is 9.90 Å². The normalized spacial score (nSPS) is 10.7. The Morgan fingerprint density at radius 2 is 1.53 bits per heavy atom. The molecule has 30 heavy (non-hydrogen) atoms. The molecule has 3 aromatic carbocycles. The number of hydrogen-bond donors (Lipinski definition) is 1. The van der Waals surface area contributed by atoms with Crippen molar-refractivity contribution in [2.24, 2.45) is 4.99 Å². The van der Waals surface area contributed by atoms with E-state index >= 15 is 0 Å². The second-order valence-corrected chi connectivity index (χ2v) is 7.12. The quantitative estimate of drug-likeness (QED) is 0.418. The van der Waals surface area contributed by atoms with Gasteiger partial charge in [-0.15, -0.1) is 0 Å². The Morgan fingerprint density at radius 1 is 0.933 bits per heavy atom. The third-order valence-corrected chi connectivity index (χ3v) is 5.05. The van der Waals surface area contributed by atoms with Crippen molar-refractivity contribution in [3.8, 4) is 0 Å². The Hall–Kier alpha value is -3.86. The molecule has 1 heterocycles. The second-order valence-electron chi connectivity index (χ2n) is 7.12. The average Bonchev–Trinajstić information content (AvgIpc) is 3.09. The van der Waals surface area contributed by atoms with Crippen molar-refractivity contribution in [1.82, 2.24) is 4.90 Å². The van der Waals surface area contributed by atoms with Crippen LogP contribution in [0.15, 0.2) is 88.3 Å². The molecule has 0 spiro atoms. The van der Waals surface area contributed by atoms with Gasteiger partial charge in [-0.1, -0.05) is 72.8 Å². The van der Waals surface area contributed by atoms with Gasteiger partial charge in [0.1, 0.15) is 11.4 Å². The maximum Gasteiger partial charge on any atom is 0.407 e. The van der Waals surface area contributed by atoms with Crippen LogP contribution in [0.3, 0.4) is 0 Å². The maximum absolute atomic E-state index is 11.3. The number of furan rings is 1. The van der Waals surface area contributed by atoms with E-state index in [2.05, 4.69) is 0 Å². The average molecular weight is 398 g/mol. The first-order valence-electron chi connectivity index (χ1n) is 9.69. The van der Waals surface area contributed by atoms with Gasteiger partial charge in [-0.3, -0.25) is 0 Å². The van der Waals surface area contributed by atoms with Gasteiger partial charge in [0.25, 0.3) is 0 Å². The summed E-state index contributed by atoms with van der Waals surface area (Å²) in [6.07, 6.45) is -0.978. The van der Waals surface area contributed by atoms with Crippen molar-refractivity contribution in [3.05, 3.63) is 101 Å². The van der Waals surface area contributed by atoms with Gasteiger partial charge in [-0.05, 0) is 13.0 Å². The van der Waals surface area contributed by atoms with Crippen LogP contribution in [0, 0.1) is 6.92 Å². The van der Waals surface area contributed by atoms with Gasteiger partial charge in [-0.25, -0.2) is 9.79 Å². The second kappa shape index (κ2) is 8.25. The number of fused-ring (bicyclic) bond motifs is 1. The first-order valence-corrected chi connectivity index (χ1v) is 9.69. The molecule has 150 valence electrons. The highest BCUT2D eigenvalue weighted by molar-refractivity contribution is 6.14. The van der Waals surface area contributed by atoms with Crippen LogP contribution in [-0.4, -0.2) is 28.9 Å². The van der Waals surface area contributed by atoms with Crippen LogP contribution in [-0.2, 0) is 6.54 Å². The Labute approximate surface area is 174 Å². The number of hydrogen-bond acceptors (Lipinski definition) is 3. The first-order chi connectivity index (χ1) is 14.5. The fourth-order valence-corrected chi connectivity index (χ4v) is 3.47. The minimum atomic E-state index is -0.978. The summed E-state index contributed by atoms with van der Waals surface area (Å²) in [5.74, 6) is 0.696. The summed E-state index contributed by atoms with van der Waals surface area (Å²) < 4.78 is 6.06. The number of carboxylic acid groups (broad SMARTS) is 1. The Kier molecular flexibility index (Phi) is 5.35. The van der Waals surface area contributed by atoms with E-state index < -0.39 is 6.09 Å². The molecule has 0 unspecified atom stereocenters. The van der Waals surface area contributed by atoms with E-state index in [-0.39, 0.29) is 6.54 Å². The highest BCUT2D eigenvalue weighted by Crippen LogP contribution is 2.34. The molecule has 1 N–H and O–H groups in total. The van der Waals surface area contributed by atoms with Crippen LogP contribution in [0.1, 0.15) is 22.5 Å². The molecule has 0 bridgehead atoms. The monoisotopic (exact) mass is 398 g/mol. The predicted molar refractivity (Wildman–Crippen MR) is 119 cm³/mol. The lowest BCUT2D eigenvalue weighted by Crippen LogP contribution is -2.24. The number of rotatable bonds is 5. The van der Waals surface area contributed by atoms with Crippen LogP contribution in [0.25, 0.3) is 11.0 Å². The number of benzene rings is 3. The molecule has 0 aliphatic rings. The van der Waals surface area contributed by atoms with Crippen molar-refractivity contribution in [3.63, 3.8) is 0 Å². The molecule has 5 heteroatoms. The molecule has 1 aromatic heterocycles. The van der Waals surface area contributed by atoms with Gasteiger partial charge < -0.3 is 14.4 Å². The van der Waals surface area contributed by atoms with E-state index in [0.717, 1.165) is 27.8 Å². The number of aliphatic imine (C=N–C) groups is 1. The van der Waals surface area contributed by atoms with Crippen LogP contribution in [0.4, 0.5) is 10.5 Å². The van der Waals surface area contributed by atoms with Crippen molar-refractivity contribution >= 4 is 28.5 Å². The molecule has 5 nitrogen and oxygen atoms in total. The van der Waals surface area contributed by atoms with E-state index in [1.54, 1.807) is 7.05 Å². The van der Waals surface area contributed by atoms with Gasteiger partial charge in [0.2, 0.25) is 0 Å². The number of carbonyl (C=O) groups is 1. The molecule has 0 radical (unpaired) electrons. The molecular formula is C25H22N2O3. The predicted octanol–water partition coefficient (Wildman–Crippen LogP) is 6.02. The molecule has 0 saturated carbocycles. The Bertz CT molecular complexity index is 1170. The van der Waals surface area contributed by atoms with Crippen molar-refractivity contribution in [1.29, 1.82) is 0 Å². The number of para-hydroxylation sites is 1. The molecule has 1 amide bonds. The summed E-state index contributed by atoms with van der Waals surface area (Å²) in [6, 6.07) is 25.9. The summed E-state index contributed by atoms with van der Waals surface area (Å²) in [6.45, 7) is 2.11. The van der Waals surface area contributed by atoms with Gasteiger partial charge in [0.15, 0.2) is 5.58 Å². The van der Waals surface area contributed by atoms with Gasteiger partial charge in [0, 0.05) is 29.1 Å². The maximum atomic E-state index is 11.3. The summed E-state index contributed by atoms with van der Waals surface area (Å²) in [4.78, 5) is 17.5. The third-order valence-electron chi connectivity index (χ3n) is 5.05. The minimum Gasteiger partial charge on any atom is -0.465 e. The summed E-state index contributed by atoms with van der Waals surface area (Å²) in [7, 11) is 1.55. The number of nitrogens with zero attached hydrogens (tertiary/aromatic N) is 2. The van der Waals surface area contributed by atoms with Crippen molar-refractivity contribution in [2.45, 2.75) is 13.5 Å². The minimum absolute atomic E-state index is 0.256. The van der Waals surface area contributed by atoms with E-state index in [4.69, 9.17) is 9.41 Å². The summed E-state index contributed by atoms with van der Waals surface area (Å²) in [5, 5.41) is 10.1. The molecule has 4 rings (SSSR count). The molecule has 0 saturated heterocycles. The van der Waals surface area contributed by atoms with E-state index in [1.165, 1.54) is 4.90 Å². The SMILES string of the molecule is Cc1oc2c(N=C(c3ccccc3)c3ccccc3)cccc2c1CN(C)C(=O)O. The Morgan fingerprint density at radius 3 is 2.10 bits per heavy atom.